The lowest BCUT2D eigenvalue weighted by Gasteiger charge is -2.24. The van der Waals surface area contributed by atoms with Crippen LogP contribution in [0, 0.1) is 0 Å². The molecule has 104 valence electrons. The van der Waals surface area contributed by atoms with Crippen molar-refractivity contribution in [3.63, 3.8) is 0 Å². The van der Waals surface area contributed by atoms with Gasteiger partial charge in [-0.25, -0.2) is 9.97 Å². The second-order valence-electron chi connectivity index (χ2n) is 4.83. The van der Waals surface area contributed by atoms with E-state index in [2.05, 4.69) is 49.4 Å². The lowest BCUT2D eigenvalue weighted by atomic mass is 10.1. The third kappa shape index (κ3) is 2.18. The summed E-state index contributed by atoms with van der Waals surface area (Å²) >= 11 is 1.61. The molecule has 0 bridgehead atoms. The summed E-state index contributed by atoms with van der Waals surface area (Å²) in [5.41, 5.74) is 1.08. The monoisotopic (exact) mass is 289 g/mol. The molecular formula is C12H15N7S. The van der Waals surface area contributed by atoms with Crippen LogP contribution < -0.4 is 10.6 Å². The average molecular weight is 289 g/mol. The normalized spacial score (nSPS) is 11.8. The lowest BCUT2D eigenvalue weighted by molar-refractivity contribution is 0.602. The van der Waals surface area contributed by atoms with Gasteiger partial charge in [0.25, 0.3) is 0 Å². The van der Waals surface area contributed by atoms with Gasteiger partial charge in [0.2, 0.25) is 5.95 Å². The Morgan fingerprint density at radius 1 is 1.25 bits per heavy atom. The highest BCUT2D eigenvalue weighted by Crippen LogP contribution is 2.29. The number of nitrogens with zero attached hydrogens (tertiary/aromatic N) is 4. The number of aromatic amines is 1. The van der Waals surface area contributed by atoms with Gasteiger partial charge in [0.1, 0.15) is 10.5 Å². The minimum absolute atomic E-state index is 0.328. The van der Waals surface area contributed by atoms with Gasteiger partial charge in [0, 0.05) is 18.6 Å². The van der Waals surface area contributed by atoms with Crippen LogP contribution in [0.2, 0.25) is 0 Å². The molecule has 0 atom stereocenters. The molecule has 3 heterocycles. The van der Waals surface area contributed by atoms with Crippen LogP contribution in [0.4, 0.5) is 11.8 Å². The highest BCUT2D eigenvalue weighted by molar-refractivity contribution is 7.09. The summed E-state index contributed by atoms with van der Waals surface area (Å²) in [6.45, 7) is 4.13. The van der Waals surface area contributed by atoms with Crippen LogP contribution in [-0.4, -0.2) is 32.0 Å². The first-order chi connectivity index (χ1) is 9.60. The summed E-state index contributed by atoms with van der Waals surface area (Å²) < 4.78 is 0. The minimum Gasteiger partial charge on any atom is -0.357 e. The van der Waals surface area contributed by atoms with Crippen LogP contribution in [-0.2, 0) is 5.54 Å². The zero-order valence-electron chi connectivity index (χ0n) is 11.4. The molecule has 3 N–H and O–H groups in total. The van der Waals surface area contributed by atoms with E-state index in [1.807, 2.05) is 5.38 Å². The lowest BCUT2D eigenvalue weighted by Crippen LogP contribution is -2.28. The van der Waals surface area contributed by atoms with Gasteiger partial charge in [-0.3, -0.25) is 0 Å². The maximum atomic E-state index is 4.46. The molecule has 0 unspecified atom stereocenters. The molecule has 0 aromatic carbocycles. The van der Waals surface area contributed by atoms with Crippen molar-refractivity contribution in [2.75, 3.05) is 17.7 Å². The van der Waals surface area contributed by atoms with Gasteiger partial charge < -0.3 is 15.6 Å². The Balaban J connectivity index is 2.03. The Morgan fingerprint density at radius 3 is 2.80 bits per heavy atom. The molecule has 8 heteroatoms. The van der Waals surface area contributed by atoms with Crippen LogP contribution in [0.25, 0.3) is 11.2 Å². The molecule has 0 aliphatic heterocycles. The molecule has 3 aromatic heterocycles. The van der Waals surface area contributed by atoms with Gasteiger partial charge in [-0.15, -0.1) is 11.3 Å². The summed E-state index contributed by atoms with van der Waals surface area (Å²) in [5, 5.41) is 9.31. The van der Waals surface area contributed by atoms with Crippen molar-refractivity contribution >= 4 is 34.3 Å². The molecule has 0 aliphatic rings. The van der Waals surface area contributed by atoms with Crippen molar-refractivity contribution in [2.24, 2.45) is 0 Å². The fourth-order valence-electron chi connectivity index (χ4n) is 1.92. The molecule has 3 aromatic rings. The van der Waals surface area contributed by atoms with E-state index < -0.39 is 0 Å². The molecule has 0 saturated heterocycles. The number of thiazole rings is 1. The van der Waals surface area contributed by atoms with Crippen molar-refractivity contribution < 1.29 is 0 Å². The number of nitrogens with one attached hydrogen (secondary N) is 3. The smallest absolute Gasteiger partial charge is 0.226 e. The number of aromatic nitrogens is 5. The molecule has 0 fully saturated rings. The predicted molar refractivity (Wildman–Crippen MR) is 80.0 cm³/mol. The van der Waals surface area contributed by atoms with Crippen LogP contribution >= 0.6 is 11.3 Å². The predicted octanol–water partition coefficient (Wildman–Crippen LogP) is 2.20. The molecule has 3 rings (SSSR count). The van der Waals surface area contributed by atoms with Crippen molar-refractivity contribution in [1.82, 2.24) is 24.9 Å². The van der Waals surface area contributed by atoms with E-state index in [1.165, 1.54) is 0 Å². The Kier molecular flexibility index (Phi) is 3.01. The van der Waals surface area contributed by atoms with Gasteiger partial charge in [0.05, 0.1) is 11.9 Å². The molecule has 0 aliphatic carbocycles. The van der Waals surface area contributed by atoms with E-state index in [4.69, 9.17) is 0 Å². The highest BCUT2D eigenvalue weighted by atomic mass is 32.1. The van der Waals surface area contributed by atoms with Crippen LogP contribution in [0.1, 0.15) is 18.9 Å². The van der Waals surface area contributed by atoms with E-state index in [0.717, 1.165) is 10.5 Å². The Labute approximate surface area is 119 Å². The Bertz CT molecular complexity index is 717. The molecular weight excluding hydrogens is 274 g/mol. The summed E-state index contributed by atoms with van der Waals surface area (Å²) in [7, 11) is 1.78. The highest BCUT2D eigenvalue weighted by Gasteiger charge is 2.25. The first-order valence-corrected chi connectivity index (χ1v) is 7.05. The quantitative estimate of drug-likeness (QED) is 0.682. The van der Waals surface area contributed by atoms with E-state index >= 15 is 0 Å². The summed E-state index contributed by atoms with van der Waals surface area (Å²) in [4.78, 5) is 20.4. The second-order valence-corrected chi connectivity index (χ2v) is 5.73. The number of anilines is 2. The van der Waals surface area contributed by atoms with Crippen LogP contribution in [0.3, 0.4) is 0 Å². The molecule has 0 saturated carbocycles. The fraction of sp³-hybridized carbons (Fsp3) is 0.333. The van der Waals surface area contributed by atoms with E-state index in [1.54, 1.807) is 30.9 Å². The Hall–Kier alpha value is -2.22. The maximum absolute atomic E-state index is 4.46. The number of hydrogen-bond donors (Lipinski definition) is 3. The average Bonchev–Trinajstić information content (AvgIpc) is 3.09. The first kappa shape index (κ1) is 12.8. The zero-order valence-corrected chi connectivity index (χ0v) is 12.2. The van der Waals surface area contributed by atoms with Gasteiger partial charge in [0.15, 0.2) is 11.5 Å². The van der Waals surface area contributed by atoms with Crippen LogP contribution in [0.15, 0.2) is 17.9 Å². The van der Waals surface area contributed by atoms with Crippen molar-refractivity contribution in [3.05, 3.63) is 22.9 Å². The topological polar surface area (TPSA) is 91.4 Å². The molecule has 7 nitrogen and oxygen atoms in total. The van der Waals surface area contributed by atoms with E-state index in [0.29, 0.717) is 17.4 Å². The minimum atomic E-state index is -0.328. The van der Waals surface area contributed by atoms with Crippen molar-refractivity contribution in [3.8, 4) is 0 Å². The number of imidazole rings is 1. The van der Waals surface area contributed by atoms with E-state index in [9.17, 15) is 0 Å². The summed E-state index contributed by atoms with van der Waals surface area (Å²) in [6, 6.07) is 0. The van der Waals surface area contributed by atoms with Gasteiger partial charge in [-0.1, -0.05) is 0 Å². The van der Waals surface area contributed by atoms with Crippen LogP contribution in [0.5, 0.6) is 0 Å². The Morgan fingerprint density at radius 2 is 2.10 bits per heavy atom. The first-order valence-electron chi connectivity index (χ1n) is 6.17. The summed E-state index contributed by atoms with van der Waals surface area (Å²) in [6.07, 6.45) is 3.41. The maximum Gasteiger partial charge on any atom is 0.226 e. The number of rotatable bonds is 4. The standard InChI is InChI=1S/C12H15N7S/c1-12(2,10-14-4-5-20-10)19-9-7-8(16-6-15-7)17-11(13-3)18-9/h4-6H,1-3H3,(H3,13,15,16,17,18,19). The summed E-state index contributed by atoms with van der Waals surface area (Å²) in [5.74, 6) is 1.24. The third-order valence-corrected chi connectivity index (χ3v) is 4.00. The fourth-order valence-corrected chi connectivity index (χ4v) is 2.64. The molecule has 20 heavy (non-hydrogen) atoms. The molecule has 0 radical (unpaired) electrons. The van der Waals surface area contributed by atoms with E-state index in [-0.39, 0.29) is 5.54 Å². The van der Waals surface area contributed by atoms with Gasteiger partial charge >= 0.3 is 0 Å². The second kappa shape index (κ2) is 4.71. The number of H-pyrrole nitrogens is 1. The molecule has 0 spiro atoms. The van der Waals surface area contributed by atoms with Gasteiger partial charge in [-0.2, -0.15) is 9.97 Å². The SMILES string of the molecule is CNc1nc(NC(C)(C)c2nccs2)c2[nH]cnc2n1. The number of fused-ring (bicyclic) bond motifs is 1. The van der Waals surface area contributed by atoms with Crippen molar-refractivity contribution in [2.45, 2.75) is 19.4 Å². The third-order valence-electron chi connectivity index (χ3n) is 2.91. The largest absolute Gasteiger partial charge is 0.357 e. The van der Waals surface area contributed by atoms with Gasteiger partial charge in [-0.05, 0) is 13.8 Å². The molecule has 0 amide bonds. The zero-order chi connectivity index (χ0) is 14.2. The van der Waals surface area contributed by atoms with Crippen molar-refractivity contribution in [1.29, 1.82) is 0 Å². The number of hydrogen-bond acceptors (Lipinski definition) is 7.